The topological polar surface area (TPSA) is 38.7 Å². The van der Waals surface area contributed by atoms with Gasteiger partial charge in [-0.15, -0.1) is 0 Å². The number of aliphatic imine (C=N–C) groups is 1. The first-order chi connectivity index (χ1) is 6.86. The molecule has 0 saturated heterocycles. The molecule has 0 saturated carbocycles. The van der Waals surface area contributed by atoms with E-state index in [9.17, 15) is 4.79 Å². The summed E-state index contributed by atoms with van der Waals surface area (Å²) < 4.78 is 5.38. The van der Waals surface area contributed by atoms with Crippen molar-refractivity contribution in [1.29, 1.82) is 0 Å². The first kappa shape index (κ1) is 10.5. The summed E-state index contributed by atoms with van der Waals surface area (Å²) in [5.74, 6) is 0.824. The normalized spacial score (nSPS) is 9.21. The predicted octanol–water partition coefficient (Wildman–Crippen LogP) is 1.96. The van der Waals surface area contributed by atoms with E-state index in [2.05, 4.69) is 18.0 Å². The Bertz CT molecular complexity index is 330. The average Bonchev–Trinajstić information content (AvgIpc) is 2.25. The minimum absolute atomic E-state index is 0.361. The Balaban J connectivity index is 2.45. The summed E-state index contributed by atoms with van der Waals surface area (Å²) in [7, 11) is 0. The summed E-state index contributed by atoms with van der Waals surface area (Å²) in [6.45, 7) is 2.87. The molecule has 0 aliphatic rings. The van der Waals surface area contributed by atoms with E-state index >= 15 is 0 Å². The van der Waals surface area contributed by atoms with Crippen LogP contribution in [0.15, 0.2) is 29.3 Å². The smallest absolute Gasteiger partial charge is 0.235 e. The summed E-state index contributed by atoms with van der Waals surface area (Å²) in [6.07, 6.45) is 2.46. The fraction of sp³-hybridized carbons (Fsp3) is 0.364. The van der Waals surface area contributed by atoms with Crippen LogP contribution in [-0.2, 0) is 11.2 Å². The molecule has 0 aromatic heterocycles. The van der Waals surface area contributed by atoms with Gasteiger partial charge in [0.05, 0.1) is 6.54 Å². The number of carbonyl (C=O) groups excluding carboxylic acids is 1. The zero-order chi connectivity index (χ0) is 10.2. The zero-order valence-electron chi connectivity index (χ0n) is 8.19. The predicted molar refractivity (Wildman–Crippen MR) is 54.3 cm³/mol. The van der Waals surface area contributed by atoms with E-state index in [1.54, 1.807) is 0 Å². The molecular formula is C11H13NO2. The van der Waals surface area contributed by atoms with Gasteiger partial charge in [0.1, 0.15) is 12.4 Å². The van der Waals surface area contributed by atoms with Crippen LogP contribution in [0.2, 0.25) is 0 Å². The van der Waals surface area contributed by atoms with E-state index in [4.69, 9.17) is 4.74 Å². The lowest BCUT2D eigenvalue weighted by atomic mass is 10.2. The third-order valence-electron chi connectivity index (χ3n) is 1.84. The lowest BCUT2D eigenvalue weighted by Crippen LogP contribution is -2.00. The number of aryl methyl sites for hydroxylation is 1. The molecule has 0 amide bonds. The summed E-state index contributed by atoms with van der Waals surface area (Å²) in [6, 6.07) is 7.89. The molecule has 1 aromatic carbocycles. The van der Waals surface area contributed by atoms with Gasteiger partial charge in [-0.2, -0.15) is 0 Å². The van der Waals surface area contributed by atoms with Crippen LogP contribution < -0.4 is 4.74 Å². The third kappa shape index (κ3) is 3.42. The average molecular weight is 191 g/mol. The minimum Gasteiger partial charge on any atom is -0.492 e. The largest absolute Gasteiger partial charge is 0.492 e. The Labute approximate surface area is 83.4 Å². The number of isocyanates is 1. The molecule has 0 spiro atoms. The fourth-order valence-corrected chi connectivity index (χ4v) is 1.11. The van der Waals surface area contributed by atoms with Gasteiger partial charge in [0.25, 0.3) is 0 Å². The van der Waals surface area contributed by atoms with Crippen molar-refractivity contribution in [1.82, 2.24) is 0 Å². The van der Waals surface area contributed by atoms with Crippen LogP contribution in [0.4, 0.5) is 0 Å². The lowest BCUT2D eigenvalue weighted by Gasteiger charge is -2.04. The van der Waals surface area contributed by atoms with Crippen molar-refractivity contribution in [2.75, 3.05) is 13.2 Å². The second kappa shape index (κ2) is 5.95. The molecule has 0 bridgehead atoms. The molecule has 0 radical (unpaired) electrons. The summed E-state index contributed by atoms with van der Waals surface area (Å²) in [4.78, 5) is 13.2. The van der Waals surface area contributed by atoms with Crippen molar-refractivity contribution < 1.29 is 9.53 Å². The van der Waals surface area contributed by atoms with Gasteiger partial charge in [0, 0.05) is 0 Å². The molecule has 0 aliphatic heterocycles. The van der Waals surface area contributed by atoms with Crippen LogP contribution in [-0.4, -0.2) is 19.2 Å². The highest BCUT2D eigenvalue weighted by Gasteiger charge is 1.94. The SMILES string of the molecule is CCc1cccc(OCCN=C=O)c1. The number of benzene rings is 1. The molecule has 14 heavy (non-hydrogen) atoms. The summed E-state index contributed by atoms with van der Waals surface area (Å²) in [5, 5.41) is 0. The molecule has 0 aliphatic carbocycles. The second-order valence-electron chi connectivity index (χ2n) is 2.82. The molecule has 3 heteroatoms. The molecule has 74 valence electrons. The van der Waals surface area contributed by atoms with Crippen molar-refractivity contribution in [2.45, 2.75) is 13.3 Å². The van der Waals surface area contributed by atoms with E-state index in [0.717, 1.165) is 12.2 Å². The summed E-state index contributed by atoms with van der Waals surface area (Å²) in [5.41, 5.74) is 1.24. The number of nitrogens with zero attached hydrogens (tertiary/aromatic N) is 1. The number of hydrogen-bond acceptors (Lipinski definition) is 3. The van der Waals surface area contributed by atoms with Crippen molar-refractivity contribution in [2.24, 2.45) is 4.99 Å². The van der Waals surface area contributed by atoms with Crippen molar-refractivity contribution in [3.63, 3.8) is 0 Å². The second-order valence-corrected chi connectivity index (χ2v) is 2.82. The Morgan fingerprint density at radius 3 is 3.07 bits per heavy atom. The Hall–Kier alpha value is -1.60. The van der Waals surface area contributed by atoms with E-state index in [0.29, 0.717) is 13.2 Å². The van der Waals surface area contributed by atoms with Gasteiger partial charge < -0.3 is 4.74 Å². The standard InChI is InChI=1S/C11H13NO2/c1-2-10-4-3-5-11(8-10)14-7-6-12-9-13/h3-5,8H,2,6-7H2,1H3. The van der Waals surface area contributed by atoms with Gasteiger partial charge in [0.15, 0.2) is 0 Å². The maximum absolute atomic E-state index is 9.77. The molecular weight excluding hydrogens is 178 g/mol. The van der Waals surface area contributed by atoms with E-state index in [1.165, 1.54) is 11.6 Å². The molecule has 0 fully saturated rings. The maximum Gasteiger partial charge on any atom is 0.235 e. The highest BCUT2D eigenvalue weighted by molar-refractivity contribution is 5.32. The molecule has 0 unspecified atom stereocenters. The molecule has 1 aromatic rings. The fourth-order valence-electron chi connectivity index (χ4n) is 1.11. The van der Waals surface area contributed by atoms with Crippen molar-refractivity contribution in [3.8, 4) is 5.75 Å². The number of hydrogen-bond donors (Lipinski definition) is 0. The highest BCUT2D eigenvalue weighted by Crippen LogP contribution is 2.13. The molecule has 0 atom stereocenters. The molecule has 3 nitrogen and oxygen atoms in total. The number of rotatable bonds is 5. The molecule has 0 N–H and O–H groups in total. The van der Waals surface area contributed by atoms with Crippen molar-refractivity contribution >= 4 is 6.08 Å². The first-order valence-corrected chi connectivity index (χ1v) is 4.62. The van der Waals surface area contributed by atoms with Crippen LogP contribution >= 0.6 is 0 Å². The Kier molecular flexibility index (Phi) is 4.45. The quantitative estimate of drug-likeness (QED) is 0.405. The van der Waals surface area contributed by atoms with Crippen LogP contribution in [0.3, 0.4) is 0 Å². The maximum atomic E-state index is 9.77. The lowest BCUT2D eigenvalue weighted by molar-refractivity contribution is 0.328. The molecule has 1 rings (SSSR count). The van der Waals surface area contributed by atoms with Crippen LogP contribution in [0, 0.1) is 0 Å². The Morgan fingerprint density at radius 2 is 2.36 bits per heavy atom. The van der Waals surface area contributed by atoms with Gasteiger partial charge in [0.2, 0.25) is 6.08 Å². The first-order valence-electron chi connectivity index (χ1n) is 4.62. The van der Waals surface area contributed by atoms with Crippen molar-refractivity contribution in [3.05, 3.63) is 29.8 Å². The third-order valence-corrected chi connectivity index (χ3v) is 1.84. The molecule has 0 heterocycles. The highest BCUT2D eigenvalue weighted by atomic mass is 16.5. The zero-order valence-corrected chi connectivity index (χ0v) is 8.19. The monoisotopic (exact) mass is 191 g/mol. The Morgan fingerprint density at radius 1 is 1.50 bits per heavy atom. The van der Waals surface area contributed by atoms with E-state index in [1.807, 2.05) is 18.2 Å². The van der Waals surface area contributed by atoms with Crippen LogP contribution in [0.25, 0.3) is 0 Å². The number of ether oxygens (including phenoxy) is 1. The van der Waals surface area contributed by atoms with Gasteiger partial charge in [-0.1, -0.05) is 19.1 Å². The summed E-state index contributed by atoms with van der Waals surface area (Å²) >= 11 is 0. The van der Waals surface area contributed by atoms with Crippen LogP contribution in [0.5, 0.6) is 5.75 Å². The van der Waals surface area contributed by atoms with Gasteiger partial charge >= 0.3 is 0 Å². The van der Waals surface area contributed by atoms with E-state index < -0.39 is 0 Å². The van der Waals surface area contributed by atoms with Crippen LogP contribution in [0.1, 0.15) is 12.5 Å². The van der Waals surface area contributed by atoms with Gasteiger partial charge in [-0.25, -0.2) is 9.79 Å². The van der Waals surface area contributed by atoms with Gasteiger partial charge in [-0.3, -0.25) is 0 Å². The van der Waals surface area contributed by atoms with Gasteiger partial charge in [-0.05, 0) is 24.1 Å². The minimum atomic E-state index is 0.361. The van der Waals surface area contributed by atoms with E-state index in [-0.39, 0.29) is 0 Å².